The fraction of sp³-hybridized carbons (Fsp3) is 0.429. The summed E-state index contributed by atoms with van der Waals surface area (Å²) in [6.45, 7) is 4.15. The predicted octanol–water partition coefficient (Wildman–Crippen LogP) is 2.89. The molecule has 29 heavy (non-hydrogen) atoms. The van der Waals surface area contributed by atoms with E-state index >= 15 is 0 Å². The zero-order valence-corrected chi connectivity index (χ0v) is 16.5. The van der Waals surface area contributed by atoms with Crippen molar-refractivity contribution in [3.05, 3.63) is 41.3 Å². The lowest BCUT2D eigenvalue weighted by atomic mass is 10.1. The first kappa shape index (κ1) is 19.2. The third-order valence-electron chi connectivity index (χ3n) is 5.45. The summed E-state index contributed by atoms with van der Waals surface area (Å²) in [4.78, 5) is 39.5. The van der Waals surface area contributed by atoms with Gasteiger partial charge in [-0.25, -0.2) is 0 Å². The van der Waals surface area contributed by atoms with E-state index in [0.29, 0.717) is 34.7 Å². The molecule has 1 fully saturated rings. The van der Waals surface area contributed by atoms with Crippen LogP contribution in [0.2, 0.25) is 0 Å². The molecular formula is C21H24N4O4. The number of carbonyl (C=O) groups is 3. The van der Waals surface area contributed by atoms with Gasteiger partial charge in [-0.3, -0.25) is 14.4 Å². The van der Waals surface area contributed by atoms with Crippen molar-refractivity contribution in [3.8, 4) is 0 Å². The summed E-state index contributed by atoms with van der Waals surface area (Å²) in [6.07, 6.45) is 4.94. The molecule has 8 heteroatoms. The normalized spacial score (nSPS) is 18.6. The molecule has 0 bridgehead atoms. The van der Waals surface area contributed by atoms with E-state index < -0.39 is 0 Å². The smallest absolute Gasteiger partial charge is 0.263 e. The van der Waals surface area contributed by atoms with Crippen molar-refractivity contribution in [1.29, 1.82) is 0 Å². The molecule has 1 saturated carbocycles. The number of fused-ring (bicyclic) bond motifs is 1. The number of nitrogens with zero attached hydrogens (tertiary/aromatic N) is 2. The number of rotatable bonds is 5. The summed E-state index contributed by atoms with van der Waals surface area (Å²) in [5, 5.41) is 9.53. The van der Waals surface area contributed by atoms with E-state index in [1.807, 2.05) is 6.92 Å². The first-order valence-electron chi connectivity index (χ1n) is 9.90. The molecule has 2 heterocycles. The number of benzene rings is 1. The molecule has 152 valence electrons. The molecular weight excluding hydrogens is 372 g/mol. The zero-order chi connectivity index (χ0) is 20.5. The molecule has 2 aliphatic rings. The average molecular weight is 396 g/mol. The SMILES string of the molecule is Cc1nocc1C(=O)N1c2ccc(C(=O)NCCC3CC3)cc2NC(=O)CC1C. The Morgan fingerprint density at radius 2 is 2.14 bits per heavy atom. The van der Waals surface area contributed by atoms with E-state index in [9.17, 15) is 14.4 Å². The second kappa shape index (κ2) is 7.69. The Kier molecular flexibility index (Phi) is 5.08. The van der Waals surface area contributed by atoms with Crippen molar-refractivity contribution >= 4 is 29.1 Å². The lowest BCUT2D eigenvalue weighted by Crippen LogP contribution is -2.39. The van der Waals surface area contributed by atoms with Crippen LogP contribution < -0.4 is 15.5 Å². The van der Waals surface area contributed by atoms with Gasteiger partial charge in [0.2, 0.25) is 5.91 Å². The Bertz CT molecular complexity index is 963. The minimum atomic E-state index is -0.365. The number of anilines is 2. The molecule has 1 aliphatic carbocycles. The van der Waals surface area contributed by atoms with E-state index in [2.05, 4.69) is 15.8 Å². The van der Waals surface area contributed by atoms with Crippen LogP contribution in [0, 0.1) is 12.8 Å². The Labute approximate surface area is 168 Å². The van der Waals surface area contributed by atoms with E-state index in [0.717, 1.165) is 12.3 Å². The van der Waals surface area contributed by atoms with Crippen molar-refractivity contribution in [1.82, 2.24) is 10.5 Å². The fourth-order valence-electron chi connectivity index (χ4n) is 3.62. The number of nitrogens with one attached hydrogen (secondary N) is 2. The maximum atomic E-state index is 13.2. The maximum Gasteiger partial charge on any atom is 0.263 e. The Morgan fingerprint density at radius 3 is 2.83 bits per heavy atom. The van der Waals surface area contributed by atoms with Crippen LogP contribution >= 0.6 is 0 Å². The van der Waals surface area contributed by atoms with Gasteiger partial charge in [0.05, 0.1) is 17.1 Å². The molecule has 2 N–H and O–H groups in total. The highest BCUT2D eigenvalue weighted by Crippen LogP contribution is 2.34. The second-order valence-electron chi connectivity index (χ2n) is 7.81. The summed E-state index contributed by atoms with van der Waals surface area (Å²) in [6, 6.07) is 4.64. The summed E-state index contributed by atoms with van der Waals surface area (Å²) in [5.41, 5.74) is 2.26. The second-order valence-corrected chi connectivity index (χ2v) is 7.81. The molecule has 8 nitrogen and oxygen atoms in total. The van der Waals surface area contributed by atoms with Crippen molar-refractivity contribution in [2.24, 2.45) is 5.92 Å². The molecule has 1 aliphatic heterocycles. The Balaban J connectivity index is 1.62. The number of hydrogen-bond acceptors (Lipinski definition) is 5. The highest BCUT2D eigenvalue weighted by molar-refractivity contribution is 6.12. The summed E-state index contributed by atoms with van der Waals surface area (Å²) in [5.74, 6) is 0.0503. The molecule has 1 atom stereocenters. The third kappa shape index (κ3) is 4.01. The van der Waals surface area contributed by atoms with Gasteiger partial charge in [-0.2, -0.15) is 0 Å². The first-order valence-corrected chi connectivity index (χ1v) is 9.90. The summed E-state index contributed by atoms with van der Waals surface area (Å²) in [7, 11) is 0. The first-order chi connectivity index (χ1) is 13.9. The number of hydrogen-bond donors (Lipinski definition) is 2. The number of carbonyl (C=O) groups excluding carboxylic acids is 3. The van der Waals surface area contributed by atoms with E-state index in [1.165, 1.54) is 19.1 Å². The highest BCUT2D eigenvalue weighted by atomic mass is 16.5. The Hall–Kier alpha value is -3.16. The largest absolute Gasteiger partial charge is 0.364 e. The predicted molar refractivity (Wildman–Crippen MR) is 107 cm³/mol. The van der Waals surface area contributed by atoms with E-state index in [-0.39, 0.29) is 30.2 Å². The van der Waals surface area contributed by atoms with Gasteiger partial charge < -0.3 is 20.1 Å². The van der Waals surface area contributed by atoms with Crippen LogP contribution in [0.3, 0.4) is 0 Å². The van der Waals surface area contributed by atoms with Crippen LogP contribution in [0.1, 0.15) is 59.0 Å². The van der Waals surface area contributed by atoms with Crippen molar-refractivity contribution < 1.29 is 18.9 Å². The van der Waals surface area contributed by atoms with Crippen molar-refractivity contribution in [2.75, 3.05) is 16.8 Å². The van der Waals surface area contributed by atoms with Gasteiger partial charge in [0.1, 0.15) is 11.8 Å². The highest BCUT2D eigenvalue weighted by Gasteiger charge is 2.32. The van der Waals surface area contributed by atoms with Crippen LogP contribution in [0.15, 0.2) is 29.0 Å². The minimum Gasteiger partial charge on any atom is -0.364 e. The fourth-order valence-corrected chi connectivity index (χ4v) is 3.62. The standard InChI is InChI=1S/C21H24N4O4/c1-12-9-19(26)23-17-10-15(20(27)22-8-7-14-3-4-14)5-6-18(17)25(12)21(28)16-11-29-24-13(16)2/h5-6,10-12,14H,3-4,7-9H2,1-2H3,(H,22,27)(H,23,26). The maximum absolute atomic E-state index is 13.2. The van der Waals surface area contributed by atoms with E-state index in [4.69, 9.17) is 4.52 Å². The molecule has 1 aromatic carbocycles. The topological polar surface area (TPSA) is 105 Å². The zero-order valence-electron chi connectivity index (χ0n) is 16.5. The van der Waals surface area contributed by atoms with E-state index in [1.54, 1.807) is 30.0 Å². The monoisotopic (exact) mass is 396 g/mol. The lowest BCUT2D eigenvalue weighted by Gasteiger charge is -2.27. The van der Waals surface area contributed by atoms with Crippen LogP contribution in [0.5, 0.6) is 0 Å². The van der Waals surface area contributed by atoms with Crippen molar-refractivity contribution in [2.45, 2.75) is 45.6 Å². The molecule has 0 spiro atoms. The lowest BCUT2D eigenvalue weighted by molar-refractivity contribution is -0.116. The number of aromatic nitrogens is 1. The molecule has 1 unspecified atom stereocenters. The summed E-state index contributed by atoms with van der Waals surface area (Å²) >= 11 is 0. The van der Waals surface area contributed by atoms with Crippen molar-refractivity contribution in [3.63, 3.8) is 0 Å². The molecule has 0 saturated heterocycles. The van der Waals surface area contributed by atoms with Gasteiger partial charge in [-0.15, -0.1) is 0 Å². The van der Waals surface area contributed by atoms with Gasteiger partial charge >= 0.3 is 0 Å². The Morgan fingerprint density at radius 1 is 1.34 bits per heavy atom. The summed E-state index contributed by atoms with van der Waals surface area (Å²) < 4.78 is 4.91. The number of aryl methyl sites for hydroxylation is 1. The molecule has 0 radical (unpaired) electrons. The average Bonchev–Trinajstić information content (AvgIpc) is 3.42. The molecule has 4 rings (SSSR count). The minimum absolute atomic E-state index is 0.146. The quantitative estimate of drug-likeness (QED) is 0.809. The molecule has 1 aromatic heterocycles. The molecule has 2 aromatic rings. The van der Waals surface area contributed by atoms with Gasteiger partial charge in [-0.05, 0) is 44.4 Å². The third-order valence-corrected chi connectivity index (χ3v) is 5.45. The van der Waals surface area contributed by atoms with Crippen LogP contribution in [-0.2, 0) is 4.79 Å². The van der Waals surface area contributed by atoms with Crippen LogP contribution in [0.4, 0.5) is 11.4 Å². The van der Waals surface area contributed by atoms with Crippen LogP contribution in [-0.4, -0.2) is 35.5 Å². The van der Waals surface area contributed by atoms with Gasteiger partial charge in [-0.1, -0.05) is 18.0 Å². The van der Waals surface area contributed by atoms with Crippen LogP contribution in [0.25, 0.3) is 0 Å². The molecule has 3 amide bonds. The number of amides is 3. The van der Waals surface area contributed by atoms with Gasteiger partial charge in [0, 0.05) is 24.6 Å². The van der Waals surface area contributed by atoms with Gasteiger partial charge in [0.25, 0.3) is 11.8 Å². The van der Waals surface area contributed by atoms with Gasteiger partial charge in [0.15, 0.2) is 0 Å².